The van der Waals surface area contributed by atoms with Crippen molar-refractivity contribution in [3.05, 3.63) is 254 Å². The van der Waals surface area contributed by atoms with Crippen LogP contribution in [0.15, 0.2) is 225 Å². The van der Waals surface area contributed by atoms with Crippen molar-refractivity contribution in [1.29, 1.82) is 0 Å². The summed E-state index contributed by atoms with van der Waals surface area (Å²) in [4.78, 5) is 4.79. The van der Waals surface area contributed by atoms with Crippen molar-refractivity contribution < 1.29 is 25.2 Å². The number of hydrogen-bond donors (Lipinski definition) is 0. The number of ether oxygens (including phenoxy) is 1. The first-order valence-electron chi connectivity index (χ1n) is 24.8. The summed E-state index contributed by atoms with van der Waals surface area (Å²) in [7, 11) is 0. The predicted molar refractivity (Wildman–Crippen MR) is 296 cm³/mol. The Morgan fingerprint density at radius 3 is 1.45 bits per heavy atom. The van der Waals surface area contributed by atoms with E-state index in [0.717, 1.165) is 100 Å². The molecule has 12 aromatic rings. The molecule has 73 heavy (non-hydrogen) atoms. The van der Waals surface area contributed by atoms with Gasteiger partial charge >= 0.3 is 20.4 Å². The van der Waals surface area contributed by atoms with Crippen molar-refractivity contribution in [3.8, 4) is 89.8 Å². The van der Waals surface area contributed by atoms with Crippen molar-refractivity contribution >= 4 is 21.8 Å². The van der Waals surface area contributed by atoms with Crippen LogP contribution >= 0.6 is 0 Å². The zero-order valence-electron chi connectivity index (χ0n) is 40.8. The summed E-state index contributed by atoms with van der Waals surface area (Å²) in [6, 6.07) is 84.7. The number of benzene rings is 9. The fourth-order valence-electron chi connectivity index (χ4n) is 10.6. The zero-order chi connectivity index (χ0) is 48.5. The Kier molecular flexibility index (Phi) is 13.1. The van der Waals surface area contributed by atoms with Crippen molar-refractivity contribution in [2.75, 3.05) is 0 Å². The third-order valence-corrected chi connectivity index (χ3v) is 13.7. The topological polar surface area (TPSA) is 44.9 Å². The smallest absolute Gasteiger partial charge is 0.509 e. The Labute approximate surface area is 440 Å². The molecule has 354 valence electrons. The van der Waals surface area contributed by atoms with E-state index in [-0.39, 0.29) is 20.4 Å². The molecule has 0 fully saturated rings. The summed E-state index contributed by atoms with van der Waals surface area (Å²) in [5.41, 5.74) is 19.8. The number of nitrogens with zero attached hydrogens (tertiary/aromatic N) is 4. The summed E-state index contributed by atoms with van der Waals surface area (Å²) >= 11 is 0. The average Bonchev–Trinajstić information content (AvgIpc) is 3.99. The first-order valence-corrected chi connectivity index (χ1v) is 24.8. The molecule has 0 aliphatic heterocycles. The van der Waals surface area contributed by atoms with Crippen LogP contribution in [0.25, 0.3) is 100 Å². The molecule has 0 atom stereocenters. The van der Waals surface area contributed by atoms with Gasteiger partial charge in [0.15, 0.2) is 0 Å². The van der Waals surface area contributed by atoms with Gasteiger partial charge in [0.25, 0.3) is 0 Å². The number of hydrogen-bond acceptors (Lipinski definition) is 3. The second-order valence-corrected chi connectivity index (χ2v) is 18.1. The Hall–Kier alpha value is -8.40. The number of pyridine rings is 1. The van der Waals surface area contributed by atoms with Gasteiger partial charge in [-0.2, -0.15) is 17.2 Å². The first-order chi connectivity index (χ1) is 35.6. The largest absolute Gasteiger partial charge is 2.00 e. The van der Waals surface area contributed by atoms with E-state index in [1.807, 2.05) is 30.5 Å². The normalized spacial score (nSPS) is 11.2. The minimum atomic E-state index is 0. The van der Waals surface area contributed by atoms with Crippen LogP contribution in [0.1, 0.15) is 30.8 Å². The van der Waals surface area contributed by atoms with Crippen LogP contribution in [-0.4, -0.2) is 19.3 Å². The Balaban J connectivity index is 0.00000574. The van der Waals surface area contributed by atoms with Gasteiger partial charge in [-0.1, -0.05) is 189 Å². The SMILES string of the molecule is CCc1nn(-c2[c-]c(Oc3[c-]c4c(cc3)c3ccccc3n4-c3cc(C)ccn3)ccc2)c(CC)c1-c1c(-c2ccccc2)c(-c2ccccc2)c(-c2ccccc2)c(-c2ccccc2)c1-c1ccccc1.[Pd+2]. The molecule has 6 heteroatoms. The number of rotatable bonds is 12. The second-order valence-electron chi connectivity index (χ2n) is 18.1. The molecule has 0 unspecified atom stereocenters. The van der Waals surface area contributed by atoms with E-state index in [9.17, 15) is 0 Å². The van der Waals surface area contributed by atoms with Crippen LogP contribution in [-0.2, 0) is 33.3 Å². The van der Waals surface area contributed by atoms with Gasteiger partial charge in [0.05, 0.1) is 5.69 Å². The minimum Gasteiger partial charge on any atom is -0.509 e. The zero-order valence-corrected chi connectivity index (χ0v) is 42.3. The molecule has 0 radical (unpaired) electrons. The molecular formula is C67H50N4OPd. The molecule has 3 aromatic heterocycles. The monoisotopic (exact) mass is 1030 g/mol. The summed E-state index contributed by atoms with van der Waals surface area (Å²) in [5.74, 6) is 1.99. The fourth-order valence-corrected chi connectivity index (χ4v) is 10.6. The predicted octanol–water partition coefficient (Wildman–Crippen LogP) is 17.2. The standard InChI is InChI=1S/C67H50N4O.Pd/c1-4-56-66(57(5-2)71(69-56)51-34-23-35-52(43-51)72-53-38-39-55-54-36-21-22-37-58(54)70(59(55)44-53)60-42-45(3)40-41-68-60)67-64(49-30-17-9-18-31-49)62(47-26-13-7-14-27-47)61(46-24-11-6-12-25-46)63(48-28-15-8-16-29-48)65(67)50-32-19-10-20-33-50;/h6-42H,4-5H2,1-3H3;/q-2;+2. The Morgan fingerprint density at radius 2 is 0.945 bits per heavy atom. The van der Waals surface area contributed by atoms with Crippen LogP contribution in [0, 0.1) is 19.1 Å². The van der Waals surface area contributed by atoms with Gasteiger partial charge in [0, 0.05) is 40.0 Å². The third kappa shape index (κ3) is 8.59. The summed E-state index contributed by atoms with van der Waals surface area (Å²) in [6.07, 6.45) is 3.26. The number of aryl methyl sites for hydroxylation is 2. The maximum absolute atomic E-state index is 6.73. The maximum Gasteiger partial charge on any atom is 2.00 e. The van der Waals surface area contributed by atoms with Crippen molar-refractivity contribution in [2.45, 2.75) is 33.6 Å². The van der Waals surface area contributed by atoms with Crippen LogP contribution in [0.5, 0.6) is 11.5 Å². The molecule has 0 N–H and O–H groups in total. The van der Waals surface area contributed by atoms with E-state index in [0.29, 0.717) is 24.3 Å². The molecule has 9 aromatic carbocycles. The quantitative estimate of drug-likeness (QED) is 0.0905. The van der Waals surface area contributed by atoms with Crippen molar-refractivity contribution in [1.82, 2.24) is 19.3 Å². The number of aromatic nitrogens is 4. The molecule has 0 saturated carbocycles. The number of para-hydroxylation sites is 1. The van der Waals surface area contributed by atoms with Gasteiger partial charge in [-0.3, -0.25) is 4.68 Å². The molecule has 0 aliphatic rings. The van der Waals surface area contributed by atoms with Gasteiger partial charge in [-0.25, -0.2) is 4.98 Å². The van der Waals surface area contributed by atoms with E-state index >= 15 is 0 Å². The van der Waals surface area contributed by atoms with Crippen molar-refractivity contribution in [3.63, 3.8) is 0 Å². The van der Waals surface area contributed by atoms with Crippen LogP contribution in [0.3, 0.4) is 0 Å². The van der Waals surface area contributed by atoms with Crippen LogP contribution < -0.4 is 4.74 Å². The maximum atomic E-state index is 6.73. The molecule has 12 rings (SSSR count). The van der Waals surface area contributed by atoms with E-state index in [2.05, 4.69) is 236 Å². The van der Waals surface area contributed by atoms with Gasteiger partial charge in [0.2, 0.25) is 0 Å². The Morgan fingerprint density at radius 1 is 0.452 bits per heavy atom. The molecular weight excluding hydrogens is 983 g/mol. The van der Waals surface area contributed by atoms with E-state index in [1.54, 1.807) is 0 Å². The van der Waals surface area contributed by atoms with Crippen molar-refractivity contribution in [2.24, 2.45) is 0 Å². The molecule has 0 aliphatic carbocycles. The van der Waals surface area contributed by atoms with Gasteiger partial charge < -0.3 is 9.30 Å². The van der Waals surface area contributed by atoms with E-state index in [4.69, 9.17) is 14.8 Å². The molecule has 3 heterocycles. The van der Waals surface area contributed by atoms with E-state index < -0.39 is 0 Å². The van der Waals surface area contributed by atoms with Crippen LogP contribution in [0.2, 0.25) is 0 Å². The first kappa shape index (κ1) is 47.0. The second kappa shape index (κ2) is 20.4. The average molecular weight is 1030 g/mol. The molecule has 5 nitrogen and oxygen atoms in total. The van der Waals surface area contributed by atoms with Gasteiger partial charge in [0.1, 0.15) is 5.82 Å². The summed E-state index contributed by atoms with van der Waals surface area (Å²) in [5, 5.41) is 7.79. The molecule has 0 bridgehead atoms. The van der Waals surface area contributed by atoms with Gasteiger partial charge in [-0.05, 0) is 110 Å². The Bertz CT molecular complexity index is 3800. The van der Waals surface area contributed by atoms with Gasteiger partial charge in [-0.15, -0.1) is 35.7 Å². The summed E-state index contributed by atoms with van der Waals surface area (Å²) in [6.45, 7) is 6.55. The molecule has 0 saturated heterocycles. The number of fused-ring (bicyclic) bond motifs is 3. The van der Waals surface area contributed by atoms with Crippen LogP contribution in [0.4, 0.5) is 0 Å². The molecule has 0 spiro atoms. The minimum absolute atomic E-state index is 0. The van der Waals surface area contributed by atoms with E-state index in [1.165, 1.54) is 16.7 Å². The summed E-state index contributed by atoms with van der Waals surface area (Å²) < 4.78 is 11.0. The molecule has 0 amide bonds. The fraction of sp³-hybridized carbons (Fsp3) is 0.0746. The third-order valence-electron chi connectivity index (χ3n) is 13.7.